The summed E-state index contributed by atoms with van der Waals surface area (Å²) in [7, 11) is 0. The standard InChI is InChI=1S/C17H11NO5.2Na/c1-2-10-3-5-11(6-4-10)15(19)18-14-8-12(16(20)21)7-13(9-14)17(22)23;;/h1,3-9H,(H,18,19)(H,20,21)(H,22,23);;/q;2*+1/p-2. The first-order valence-corrected chi connectivity index (χ1v) is 6.36. The summed E-state index contributed by atoms with van der Waals surface area (Å²) in [6, 6.07) is 9.20. The third-order valence-electron chi connectivity index (χ3n) is 2.98. The van der Waals surface area contributed by atoms with E-state index in [1.807, 2.05) is 0 Å². The van der Waals surface area contributed by atoms with E-state index in [0.29, 0.717) is 5.56 Å². The van der Waals surface area contributed by atoms with Crippen LogP contribution in [0, 0.1) is 12.3 Å². The van der Waals surface area contributed by atoms with Crippen LogP contribution in [0.25, 0.3) is 0 Å². The molecule has 0 aromatic heterocycles. The minimum absolute atomic E-state index is 0. The van der Waals surface area contributed by atoms with Crippen LogP contribution in [-0.4, -0.2) is 17.8 Å². The van der Waals surface area contributed by atoms with Crippen molar-refractivity contribution < 1.29 is 83.7 Å². The topological polar surface area (TPSA) is 109 Å². The van der Waals surface area contributed by atoms with Crippen LogP contribution in [0.1, 0.15) is 36.6 Å². The van der Waals surface area contributed by atoms with E-state index in [0.717, 1.165) is 18.2 Å². The Morgan fingerprint density at radius 1 is 0.840 bits per heavy atom. The Morgan fingerprint density at radius 2 is 1.32 bits per heavy atom. The van der Waals surface area contributed by atoms with E-state index < -0.39 is 17.8 Å². The second kappa shape index (κ2) is 10.4. The molecule has 2 aromatic carbocycles. The first-order valence-electron chi connectivity index (χ1n) is 6.36. The number of aromatic carboxylic acids is 2. The molecule has 1 N–H and O–H groups in total. The van der Waals surface area contributed by atoms with Crippen molar-refractivity contribution in [2.75, 3.05) is 5.32 Å². The van der Waals surface area contributed by atoms with Gasteiger partial charge >= 0.3 is 59.1 Å². The maximum absolute atomic E-state index is 12.1. The Balaban J connectivity index is 0.00000288. The molecule has 2 rings (SSSR count). The molecule has 0 heterocycles. The molecule has 25 heavy (non-hydrogen) atoms. The molecule has 1 amide bonds. The van der Waals surface area contributed by atoms with Crippen LogP contribution in [0.2, 0.25) is 0 Å². The Morgan fingerprint density at radius 3 is 1.72 bits per heavy atom. The summed E-state index contributed by atoms with van der Waals surface area (Å²) >= 11 is 0. The molecule has 2 aromatic rings. The number of hydrogen-bond donors (Lipinski definition) is 1. The molecule has 6 nitrogen and oxygen atoms in total. The van der Waals surface area contributed by atoms with Crippen molar-refractivity contribution in [3.8, 4) is 12.3 Å². The summed E-state index contributed by atoms with van der Waals surface area (Å²) in [6.07, 6.45) is 5.22. The van der Waals surface area contributed by atoms with E-state index in [1.165, 1.54) is 12.1 Å². The molecule has 0 aliphatic rings. The second-order valence-corrected chi connectivity index (χ2v) is 4.55. The van der Waals surface area contributed by atoms with Crippen molar-refractivity contribution in [2.24, 2.45) is 0 Å². The van der Waals surface area contributed by atoms with Gasteiger partial charge in [0.2, 0.25) is 0 Å². The quantitative estimate of drug-likeness (QED) is 0.434. The largest absolute Gasteiger partial charge is 1.00 e. The number of anilines is 1. The molecule has 0 saturated heterocycles. The van der Waals surface area contributed by atoms with Gasteiger partial charge in [-0.3, -0.25) is 4.79 Å². The van der Waals surface area contributed by atoms with Crippen molar-refractivity contribution in [3.63, 3.8) is 0 Å². The van der Waals surface area contributed by atoms with Gasteiger partial charge in [0.05, 0.1) is 11.9 Å². The van der Waals surface area contributed by atoms with Crippen LogP contribution in [0.15, 0.2) is 42.5 Å². The minimum atomic E-state index is -1.57. The number of carboxylic acids is 2. The molecule has 0 saturated carbocycles. The zero-order valence-corrected chi connectivity index (χ0v) is 17.7. The van der Waals surface area contributed by atoms with Crippen LogP contribution < -0.4 is 74.6 Å². The van der Waals surface area contributed by atoms with E-state index in [2.05, 4.69) is 11.2 Å². The fraction of sp³-hybridized carbons (Fsp3) is 0. The van der Waals surface area contributed by atoms with Gasteiger partial charge in [-0.1, -0.05) is 5.92 Å². The number of benzene rings is 2. The summed E-state index contributed by atoms with van der Waals surface area (Å²) in [5.74, 6) is -1.28. The summed E-state index contributed by atoms with van der Waals surface area (Å²) < 4.78 is 0. The van der Waals surface area contributed by atoms with Gasteiger partial charge in [0.25, 0.3) is 5.91 Å². The van der Waals surface area contributed by atoms with Crippen LogP contribution in [0.3, 0.4) is 0 Å². The molecule has 0 unspecified atom stereocenters. The van der Waals surface area contributed by atoms with E-state index >= 15 is 0 Å². The second-order valence-electron chi connectivity index (χ2n) is 4.55. The molecule has 0 fully saturated rings. The summed E-state index contributed by atoms with van der Waals surface area (Å²) in [5.41, 5.74) is 0.101. The Hall–Kier alpha value is -1.59. The first-order chi connectivity index (χ1) is 10.9. The number of rotatable bonds is 4. The number of amides is 1. The van der Waals surface area contributed by atoms with E-state index in [9.17, 15) is 24.6 Å². The van der Waals surface area contributed by atoms with Gasteiger partial charge in [-0.15, -0.1) is 6.42 Å². The fourth-order valence-corrected chi connectivity index (χ4v) is 1.86. The van der Waals surface area contributed by atoms with Crippen LogP contribution in [0.4, 0.5) is 5.69 Å². The van der Waals surface area contributed by atoms with E-state index in [-0.39, 0.29) is 81.5 Å². The number of hydrogen-bond acceptors (Lipinski definition) is 5. The Labute approximate surface area is 188 Å². The van der Waals surface area contributed by atoms with Crippen molar-refractivity contribution in [1.29, 1.82) is 0 Å². The van der Waals surface area contributed by atoms with Gasteiger partial charge in [-0.25, -0.2) is 0 Å². The molecule has 0 bridgehead atoms. The number of carboxylic acid groups (broad SMARTS) is 2. The molecule has 0 spiro atoms. The normalized spacial score (nSPS) is 8.92. The zero-order valence-electron chi connectivity index (χ0n) is 13.7. The van der Waals surface area contributed by atoms with Crippen molar-refractivity contribution >= 4 is 23.5 Å². The van der Waals surface area contributed by atoms with Crippen molar-refractivity contribution in [3.05, 3.63) is 64.7 Å². The first kappa shape index (κ1) is 23.4. The van der Waals surface area contributed by atoms with Crippen molar-refractivity contribution in [2.45, 2.75) is 0 Å². The third-order valence-corrected chi connectivity index (χ3v) is 2.98. The van der Waals surface area contributed by atoms with E-state index in [4.69, 9.17) is 6.42 Å². The van der Waals surface area contributed by atoms with Gasteiger partial charge in [-0.2, -0.15) is 0 Å². The predicted molar refractivity (Wildman–Crippen MR) is 77.4 cm³/mol. The van der Waals surface area contributed by atoms with Gasteiger partial charge in [0.1, 0.15) is 0 Å². The monoisotopic (exact) mass is 353 g/mol. The van der Waals surface area contributed by atoms with E-state index in [1.54, 1.807) is 12.1 Å². The number of terminal acetylenes is 1. The zero-order chi connectivity index (χ0) is 17.0. The predicted octanol–water partition coefficient (Wildman–Crippen LogP) is -6.34. The summed E-state index contributed by atoms with van der Waals surface area (Å²) in [4.78, 5) is 33.9. The SMILES string of the molecule is C#Cc1ccc(C(=O)Nc2cc(C(=O)[O-])cc(C(=O)[O-])c2)cc1.[Na+].[Na+]. The molecular formula is C17H9NNa2O5. The van der Waals surface area contributed by atoms with Crippen LogP contribution in [0.5, 0.6) is 0 Å². The average molecular weight is 353 g/mol. The van der Waals surface area contributed by atoms with Crippen LogP contribution >= 0.6 is 0 Å². The number of nitrogens with one attached hydrogen (secondary N) is 1. The molecule has 0 aliphatic carbocycles. The average Bonchev–Trinajstić information content (AvgIpc) is 2.54. The smallest absolute Gasteiger partial charge is 0.545 e. The molecule has 0 atom stereocenters. The fourth-order valence-electron chi connectivity index (χ4n) is 1.86. The maximum Gasteiger partial charge on any atom is 1.00 e. The third kappa shape index (κ3) is 6.33. The Bertz CT molecular complexity index is 809. The minimum Gasteiger partial charge on any atom is -0.545 e. The molecule has 0 aliphatic heterocycles. The van der Waals surface area contributed by atoms with Gasteiger partial charge in [0, 0.05) is 16.8 Å². The van der Waals surface area contributed by atoms with Gasteiger partial charge in [-0.05, 0) is 53.6 Å². The summed E-state index contributed by atoms with van der Waals surface area (Å²) in [5, 5.41) is 24.2. The molecule has 0 radical (unpaired) electrons. The molecular weight excluding hydrogens is 344 g/mol. The van der Waals surface area contributed by atoms with Crippen molar-refractivity contribution in [1.82, 2.24) is 0 Å². The molecule has 8 heteroatoms. The van der Waals surface area contributed by atoms with Gasteiger partial charge in [0.15, 0.2) is 0 Å². The van der Waals surface area contributed by atoms with Crippen LogP contribution in [-0.2, 0) is 0 Å². The number of carbonyl (C=O) groups excluding carboxylic acids is 3. The number of carbonyl (C=O) groups is 3. The molecule has 114 valence electrons. The van der Waals surface area contributed by atoms with Gasteiger partial charge < -0.3 is 25.1 Å². The maximum atomic E-state index is 12.1. The Kier molecular flexibility index (Phi) is 9.75. The summed E-state index contributed by atoms with van der Waals surface area (Å²) in [6.45, 7) is 0.